The summed E-state index contributed by atoms with van der Waals surface area (Å²) >= 11 is 0. The van der Waals surface area contributed by atoms with Crippen LogP contribution in [0.15, 0.2) is 0 Å². The summed E-state index contributed by atoms with van der Waals surface area (Å²) in [5.41, 5.74) is 0. The molecule has 3 heteroatoms. The lowest BCUT2D eigenvalue weighted by Gasteiger charge is -2.33. The standard InChI is InChI=1S/C8H14O2S/c9-11(10)5-7-2-1-6-3-4-8(6)7/h6-8,11H,1-5H2/t6?,7-,8?/m1/s1. The summed E-state index contributed by atoms with van der Waals surface area (Å²) in [5, 5.41) is 0. The lowest BCUT2D eigenvalue weighted by molar-refractivity contribution is 0.181. The molecular weight excluding hydrogens is 160 g/mol. The van der Waals surface area contributed by atoms with Crippen molar-refractivity contribution < 1.29 is 8.42 Å². The normalized spacial score (nSPS) is 42.1. The first-order chi connectivity index (χ1) is 5.27. The molecule has 0 spiro atoms. The van der Waals surface area contributed by atoms with Crippen LogP contribution >= 0.6 is 0 Å². The molecule has 11 heavy (non-hydrogen) atoms. The quantitative estimate of drug-likeness (QED) is 0.634. The third kappa shape index (κ3) is 1.31. The summed E-state index contributed by atoms with van der Waals surface area (Å²) in [6, 6.07) is 0. The molecule has 0 heterocycles. The molecule has 2 fully saturated rings. The molecule has 2 aliphatic carbocycles. The SMILES string of the molecule is O=[SH](=O)C[C@H]1CCC2CCC21. The van der Waals surface area contributed by atoms with E-state index in [1.807, 2.05) is 0 Å². The van der Waals surface area contributed by atoms with E-state index in [-0.39, 0.29) is 0 Å². The minimum Gasteiger partial charge on any atom is -0.232 e. The van der Waals surface area contributed by atoms with Gasteiger partial charge in [0.25, 0.3) is 0 Å². The molecule has 0 amide bonds. The third-order valence-corrected chi connectivity index (χ3v) is 4.14. The van der Waals surface area contributed by atoms with Crippen LogP contribution in [0.25, 0.3) is 0 Å². The molecular formula is C8H14O2S. The summed E-state index contributed by atoms with van der Waals surface area (Å²) in [6.07, 6.45) is 5.10. The van der Waals surface area contributed by atoms with Crippen LogP contribution in [0.3, 0.4) is 0 Å². The van der Waals surface area contributed by atoms with E-state index in [0.717, 1.165) is 11.8 Å². The Bertz CT molecular complexity index is 214. The molecule has 2 nitrogen and oxygen atoms in total. The summed E-state index contributed by atoms with van der Waals surface area (Å²) in [5.74, 6) is 2.66. The monoisotopic (exact) mass is 174 g/mol. The Hall–Kier alpha value is -0.0500. The van der Waals surface area contributed by atoms with Crippen LogP contribution in [0.1, 0.15) is 25.7 Å². The molecule has 0 aromatic carbocycles. The number of fused-ring (bicyclic) bond motifs is 1. The fourth-order valence-electron chi connectivity index (χ4n) is 2.63. The molecule has 64 valence electrons. The number of hydrogen-bond acceptors (Lipinski definition) is 2. The maximum Gasteiger partial charge on any atom is 0.140 e. The Morgan fingerprint density at radius 1 is 1.09 bits per heavy atom. The second kappa shape index (κ2) is 2.77. The van der Waals surface area contributed by atoms with Gasteiger partial charge in [0, 0.05) is 0 Å². The zero-order valence-electron chi connectivity index (χ0n) is 6.53. The average molecular weight is 174 g/mol. The van der Waals surface area contributed by atoms with Gasteiger partial charge in [0.1, 0.15) is 10.7 Å². The first-order valence-electron chi connectivity index (χ1n) is 4.39. The van der Waals surface area contributed by atoms with Crippen LogP contribution in [0.4, 0.5) is 0 Å². The van der Waals surface area contributed by atoms with Crippen molar-refractivity contribution in [1.82, 2.24) is 0 Å². The van der Waals surface area contributed by atoms with Gasteiger partial charge in [0.15, 0.2) is 0 Å². The van der Waals surface area contributed by atoms with Crippen molar-refractivity contribution in [2.24, 2.45) is 17.8 Å². The summed E-state index contributed by atoms with van der Waals surface area (Å²) in [7, 11) is -2.12. The molecule has 0 saturated heterocycles. The number of rotatable bonds is 2. The summed E-state index contributed by atoms with van der Waals surface area (Å²) < 4.78 is 20.9. The fraction of sp³-hybridized carbons (Fsp3) is 1.00. The van der Waals surface area contributed by atoms with Crippen LogP contribution < -0.4 is 0 Å². The maximum absolute atomic E-state index is 10.5. The van der Waals surface area contributed by atoms with E-state index in [1.165, 1.54) is 25.7 Å². The second-order valence-corrected chi connectivity index (χ2v) is 4.88. The van der Waals surface area contributed by atoms with Gasteiger partial charge in [-0.25, -0.2) is 8.42 Å². The Morgan fingerprint density at radius 3 is 2.27 bits per heavy atom. The van der Waals surface area contributed by atoms with E-state index in [9.17, 15) is 8.42 Å². The van der Waals surface area contributed by atoms with Gasteiger partial charge in [-0.3, -0.25) is 0 Å². The van der Waals surface area contributed by atoms with Crippen molar-refractivity contribution >= 4 is 10.7 Å². The lowest BCUT2D eigenvalue weighted by atomic mass is 9.73. The van der Waals surface area contributed by atoms with Crippen LogP contribution in [0.2, 0.25) is 0 Å². The molecule has 0 radical (unpaired) electrons. The van der Waals surface area contributed by atoms with E-state index < -0.39 is 10.7 Å². The maximum atomic E-state index is 10.5. The van der Waals surface area contributed by atoms with Crippen molar-refractivity contribution in [2.75, 3.05) is 5.75 Å². The predicted octanol–water partition coefficient (Wildman–Crippen LogP) is 1.03. The Morgan fingerprint density at radius 2 is 1.82 bits per heavy atom. The van der Waals surface area contributed by atoms with Crippen molar-refractivity contribution in [3.05, 3.63) is 0 Å². The molecule has 2 aliphatic rings. The zero-order valence-corrected chi connectivity index (χ0v) is 7.43. The molecule has 0 aliphatic heterocycles. The topological polar surface area (TPSA) is 34.1 Å². The van der Waals surface area contributed by atoms with Gasteiger partial charge in [0.2, 0.25) is 0 Å². The fourth-order valence-corrected chi connectivity index (χ4v) is 3.47. The minimum absolute atomic E-state index is 0.455. The van der Waals surface area contributed by atoms with Crippen LogP contribution in [0.5, 0.6) is 0 Å². The van der Waals surface area contributed by atoms with Crippen LogP contribution in [0, 0.1) is 17.8 Å². The Kier molecular flexibility index (Phi) is 1.91. The summed E-state index contributed by atoms with van der Waals surface area (Å²) in [6.45, 7) is 0. The molecule has 3 atom stereocenters. The van der Waals surface area contributed by atoms with Crippen LogP contribution in [-0.2, 0) is 10.7 Å². The highest BCUT2D eigenvalue weighted by atomic mass is 32.2. The highest BCUT2D eigenvalue weighted by Crippen LogP contribution is 2.50. The minimum atomic E-state index is -2.12. The van der Waals surface area contributed by atoms with E-state index in [2.05, 4.69) is 0 Å². The average Bonchev–Trinajstić information content (AvgIpc) is 2.05. The first-order valence-corrected chi connectivity index (χ1v) is 5.75. The van der Waals surface area contributed by atoms with Crippen LogP contribution in [-0.4, -0.2) is 14.2 Å². The smallest absolute Gasteiger partial charge is 0.140 e. The van der Waals surface area contributed by atoms with Gasteiger partial charge < -0.3 is 0 Å². The number of thiol groups is 1. The predicted molar refractivity (Wildman–Crippen MR) is 44.1 cm³/mol. The largest absolute Gasteiger partial charge is 0.232 e. The number of hydrogen-bond donors (Lipinski definition) is 1. The van der Waals surface area contributed by atoms with Crippen molar-refractivity contribution in [1.29, 1.82) is 0 Å². The van der Waals surface area contributed by atoms with Gasteiger partial charge in [0.05, 0.1) is 5.75 Å². The molecule has 0 bridgehead atoms. The highest BCUT2D eigenvalue weighted by Gasteiger charge is 2.41. The molecule has 0 aromatic heterocycles. The van der Waals surface area contributed by atoms with Crippen molar-refractivity contribution in [2.45, 2.75) is 25.7 Å². The first kappa shape index (κ1) is 7.59. The molecule has 2 saturated carbocycles. The van der Waals surface area contributed by atoms with Gasteiger partial charge >= 0.3 is 0 Å². The zero-order chi connectivity index (χ0) is 7.84. The van der Waals surface area contributed by atoms with Gasteiger partial charge in [-0.2, -0.15) is 0 Å². The van der Waals surface area contributed by atoms with Gasteiger partial charge in [-0.1, -0.05) is 0 Å². The van der Waals surface area contributed by atoms with Gasteiger partial charge in [-0.15, -0.1) is 0 Å². The highest BCUT2D eigenvalue weighted by molar-refractivity contribution is 7.72. The lowest BCUT2D eigenvalue weighted by Crippen LogP contribution is -2.26. The Balaban J connectivity index is 1.95. The van der Waals surface area contributed by atoms with Crippen molar-refractivity contribution in [3.63, 3.8) is 0 Å². The van der Waals surface area contributed by atoms with Crippen molar-refractivity contribution in [3.8, 4) is 0 Å². The third-order valence-electron chi connectivity index (χ3n) is 3.37. The Labute approximate surface area is 68.9 Å². The molecule has 0 N–H and O–H groups in total. The van der Waals surface area contributed by atoms with E-state index in [4.69, 9.17) is 0 Å². The van der Waals surface area contributed by atoms with E-state index in [1.54, 1.807) is 0 Å². The van der Waals surface area contributed by atoms with E-state index >= 15 is 0 Å². The molecule has 0 aromatic rings. The molecule has 2 rings (SSSR count). The molecule has 2 unspecified atom stereocenters. The second-order valence-electron chi connectivity index (χ2n) is 3.85. The summed E-state index contributed by atoms with van der Waals surface area (Å²) in [4.78, 5) is 0. The van der Waals surface area contributed by atoms with E-state index in [0.29, 0.717) is 11.7 Å². The van der Waals surface area contributed by atoms with Gasteiger partial charge in [-0.05, 0) is 43.4 Å².